The third-order valence-electron chi connectivity index (χ3n) is 9.64. The summed E-state index contributed by atoms with van der Waals surface area (Å²) in [7, 11) is 0. The first kappa shape index (κ1) is 20.3. The van der Waals surface area contributed by atoms with Crippen LogP contribution in [-0.2, 0) is 16.2 Å². The fourth-order valence-corrected chi connectivity index (χ4v) is 8.95. The lowest BCUT2D eigenvalue weighted by molar-refractivity contribution is -0.0685. The smallest absolute Gasteiger partial charge is 0.00412 e. The lowest BCUT2D eigenvalue weighted by Gasteiger charge is -2.70. The van der Waals surface area contributed by atoms with Crippen molar-refractivity contribution in [3.05, 3.63) is 144 Å². The van der Waals surface area contributed by atoms with E-state index in [4.69, 9.17) is 0 Å². The lowest BCUT2D eigenvalue weighted by atomic mass is 9.33. The molecule has 0 aliphatic heterocycles. The molecule has 0 heterocycles. The van der Waals surface area contributed by atoms with Crippen LogP contribution < -0.4 is 0 Å². The van der Waals surface area contributed by atoms with Gasteiger partial charge in [-0.3, -0.25) is 0 Å². The fraction of sp³-hybridized carbons (Fsp3) is 0.294. The molecule has 0 nitrogen and oxygen atoms in total. The number of hydrogen-bond donors (Lipinski definition) is 0. The third kappa shape index (κ3) is 2.84. The summed E-state index contributed by atoms with van der Waals surface area (Å²) in [6.07, 6.45) is 6.39. The minimum atomic E-state index is 0.147. The molecule has 4 aliphatic rings. The Morgan fingerprint density at radius 1 is 0.441 bits per heavy atom. The van der Waals surface area contributed by atoms with Gasteiger partial charge in [0.1, 0.15) is 0 Å². The highest BCUT2D eigenvalue weighted by molar-refractivity contribution is 5.48. The highest BCUT2D eigenvalue weighted by atomic mass is 14.7. The number of rotatable bonds is 4. The van der Waals surface area contributed by atoms with Crippen molar-refractivity contribution >= 4 is 0 Å². The van der Waals surface area contributed by atoms with Gasteiger partial charge in [-0.1, -0.05) is 121 Å². The monoisotopic (exact) mass is 440 g/mol. The van der Waals surface area contributed by atoms with Crippen LogP contribution in [-0.4, -0.2) is 0 Å². The Labute approximate surface area is 203 Å². The summed E-state index contributed by atoms with van der Waals surface area (Å²) in [5.41, 5.74) is 6.83. The molecule has 0 saturated heterocycles. The van der Waals surface area contributed by atoms with Crippen LogP contribution in [0, 0.1) is 5.92 Å². The first-order chi connectivity index (χ1) is 16.7. The van der Waals surface area contributed by atoms with Crippen LogP contribution in [0.4, 0.5) is 0 Å². The van der Waals surface area contributed by atoms with Crippen LogP contribution in [0.15, 0.2) is 121 Å². The number of hydrogen-bond acceptors (Lipinski definition) is 0. The minimum Gasteiger partial charge on any atom is -0.0622 e. The lowest BCUT2D eigenvalue weighted by Crippen LogP contribution is -2.65. The minimum absolute atomic E-state index is 0.147. The van der Waals surface area contributed by atoms with Crippen molar-refractivity contribution < 1.29 is 0 Å². The molecule has 0 spiro atoms. The molecule has 0 heteroatoms. The van der Waals surface area contributed by atoms with Gasteiger partial charge in [0, 0.05) is 5.41 Å². The van der Waals surface area contributed by atoms with Gasteiger partial charge in [0.25, 0.3) is 0 Å². The molecule has 8 rings (SSSR count). The predicted octanol–water partition coefficient (Wildman–Crippen LogP) is 8.19. The molecule has 3 unspecified atom stereocenters. The molecule has 4 bridgehead atoms. The second-order valence-electron chi connectivity index (χ2n) is 11.4. The van der Waals surface area contributed by atoms with E-state index in [9.17, 15) is 0 Å². The molecule has 4 fully saturated rings. The molecule has 34 heavy (non-hydrogen) atoms. The van der Waals surface area contributed by atoms with Gasteiger partial charge in [0.2, 0.25) is 0 Å². The van der Waals surface area contributed by atoms with Crippen LogP contribution in [0.1, 0.15) is 60.3 Å². The topological polar surface area (TPSA) is 0 Å². The summed E-state index contributed by atoms with van der Waals surface area (Å²) in [5, 5.41) is 0. The molecule has 0 amide bonds. The van der Waals surface area contributed by atoms with Crippen molar-refractivity contribution in [2.45, 2.75) is 54.3 Å². The van der Waals surface area contributed by atoms with Crippen LogP contribution in [0.3, 0.4) is 0 Å². The first-order valence-corrected chi connectivity index (χ1v) is 12.9. The van der Waals surface area contributed by atoms with Crippen molar-refractivity contribution in [3.63, 3.8) is 0 Å². The largest absolute Gasteiger partial charge is 0.0622 e. The van der Waals surface area contributed by atoms with Crippen molar-refractivity contribution in [3.8, 4) is 0 Å². The highest BCUT2D eigenvalue weighted by Gasteiger charge is 2.68. The maximum atomic E-state index is 2.43. The van der Waals surface area contributed by atoms with Crippen molar-refractivity contribution in [2.24, 2.45) is 5.92 Å². The summed E-state index contributed by atoms with van der Waals surface area (Å²) >= 11 is 0. The molecule has 4 aromatic rings. The predicted molar refractivity (Wildman–Crippen MR) is 140 cm³/mol. The van der Waals surface area contributed by atoms with Gasteiger partial charge < -0.3 is 0 Å². The molecular formula is C34H32. The van der Waals surface area contributed by atoms with E-state index in [2.05, 4.69) is 121 Å². The average Bonchev–Trinajstić information content (AvgIpc) is 2.90. The van der Waals surface area contributed by atoms with Gasteiger partial charge >= 0.3 is 0 Å². The molecule has 4 saturated carbocycles. The zero-order chi connectivity index (χ0) is 22.6. The Morgan fingerprint density at radius 3 is 1.32 bits per heavy atom. The molecule has 0 aromatic heterocycles. The van der Waals surface area contributed by atoms with E-state index in [1.807, 2.05) is 0 Å². The van der Waals surface area contributed by atoms with Crippen LogP contribution in [0.2, 0.25) is 0 Å². The van der Waals surface area contributed by atoms with E-state index in [0.29, 0.717) is 11.8 Å². The Morgan fingerprint density at radius 2 is 0.853 bits per heavy atom. The molecule has 3 atom stereocenters. The summed E-state index contributed by atoms with van der Waals surface area (Å²) < 4.78 is 0. The fourth-order valence-electron chi connectivity index (χ4n) is 8.95. The van der Waals surface area contributed by atoms with Gasteiger partial charge in [-0.05, 0) is 77.0 Å². The normalized spacial score (nSPS) is 33.6. The van der Waals surface area contributed by atoms with Crippen molar-refractivity contribution in [1.82, 2.24) is 0 Å². The highest BCUT2D eigenvalue weighted by Crippen LogP contribution is 2.74. The van der Waals surface area contributed by atoms with Gasteiger partial charge in [-0.15, -0.1) is 0 Å². The van der Waals surface area contributed by atoms with E-state index in [-0.39, 0.29) is 16.2 Å². The van der Waals surface area contributed by atoms with Gasteiger partial charge in [0.05, 0.1) is 0 Å². The zero-order valence-corrected chi connectivity index (χ0v) is 19.7. The Hall–Kier alpha value is -3.12. The second kappa shape index (κ2) is 7.44. The summed E-state index contributed by atoms with van der Waals surface area (Å²) in [6.45, 7) is 0. The number of benzene rings is 4. The van der Waals surface area contributed by atoms with E-state index in [0.717, 1.165) is 0 Å². The van der Waals surface area contributed by atoms with E-state index < -0.39 is 0 Å². The van der Waals surface area contributed by atoms with E-state index in [1.54, 1.807) is 22.3 Å². The Bertz CT molecular complexity index is 1220. The van der Waals surface area contributed by atoms with Crippen LogP contribution in [0.5, 0.6) is 0 Å². The molecule has 0 N–H and O–H groups in total. The SMILES string of the molecule is c1ccc(C2C3CC4(c5ccccc5)CC(c5ccccc5)(C3)CC2(c2ccccc2)C4)cc1. The molecule has 0 radical (unpaired) electrons. The maximum Gasteiger partial charge on any atom is 0.00412 e. The first-order valence-electron chi connectivity index (χ1n) is 12.9. The van der Waals surface area contributed by atoms with Crippen LogP contribution >= 0.6 is 0 Å². The van der Waals surface area contributed by atoms with Gasteiger partial charge in [-0.2, -0.15) is 0 Å². The van der Waals surface area contributed by atoms with Crippen molar-refractivity contribution in [1.29, 1.82) is 0 Å². The quantitative estimate of drug-likeness (QED) is 0.300. The summed E-state index contributed by atoms with van der Waals surface area (Å²) in [4.78, 5) is 0. The van der Waals surface area contributed by atoms with Gasteiger partial charge in [0.15, 0.2) is 0 Å². The van der Waals surface area contributed by atoms with E-state index in [1.165, 1.54) is 32.1 Å². The molecule has 168 valence electrons. The molecule has 4 aliphatic carbocycles. The second-order valence-corrected chi connectivity index (χ2v) is 11.4. The zero-order valence-electron chi connectivity index (χ0n) is 19.7. The van der Waals surface area contributed by atoms with Crippen LogP contribution in [0.25, 0.3) is 0 Å². The van der Waals surface area contributed by atoms with E-state index >= 15 is 0 Å². The Balaban J connectivity index is 1.50. The summed E-state index contributed by atoms with van der Waals surface area (Å²) in [6, 6.07) is 46.1. The van der Waals surface area contributed by atoms with Crippen molar-refractivity contribution in [2.75, 3.05) is 0 Å². The molecular weight excluding hydrogens is 408 g/mol. The average molecular weight is 441 g/mol. The third-order valence-corrected chi connectivity index (χ3v) is 9.64. The van der Waals surface area contributed by atoms with Gasteiger partial charge in [-0.25, -0.2) is 0 Å². The molecule has 4 aromatic carbocycles. The Kier molecular flexibility index (Phi) is 4.44. The maximum absolute atomic E-state index is 2.43. The summed E-state index contributed by atoms with van der Waals surface area (Å²) in [5.74, 6) is 1.25. The standard InChI is InChI=1S/C34H32/c1-5-13-26(14-6-1)31-27-21-32(28-15-7-2-8-16-28)23-33(22-27,29-17-9-3-10-18-29)25-34(31,24-32)30-19-11-4-12-20-30/h1-20,27,31H,21-25H2.